The van der Waals surface area contributed by atoms with Crippen molar-refractivity contribution in [2.24, 2.45) is 11.8 Å². The molecule has 0 radical (unpaired) electrons. The van der Waals surface area contributed by atoms with Gasteiger partial charge in [0.05, 0.1) is 12.7 Å². The van der Waals surface area contributed by atoms with Crippen molar-refractivity contribution in [2.45, 2.75) is 43.4 Å². The molecule has 0 aromatic heterocycles. The van der Waals surface area contributed by atoms with E-state index in [1.165, 1.54) is 11.3 Å². The summed E-state index contributed by atoms with van der Waals surface area (Å²) < 4.78 is 5.94. The molecule has 1 aliphatic rings. The van der Waals surface area contributed by atoms with E-state index in [-0.39, 0.29) is 0 Å². The summed E-state index contributed by atoms with van der Waals surface area (Å²) in [6.45, 7) is 7.77. The van der Waals surface area contributed by atoms with Crippen molar-refractivity contribution in [1.82, 2.24) is 0 Å². The van der Waals surface area contributed by atoms with Crippen molar-refractivity contribution in [3.63, 3.8) is 0 Å². The average Bonchev–Trinajstić information content (AvgIpc) is 2.62. The van der Waals surface area contributed by atoms with Gasteiger partial charge in [0.15, 0.2) is 0 Å². The van der Waals surface area contributed by atoms with E-state index in [4.69, 9.17) is 4.74 Å². The third-order valence-corrected chi connectivity index (χ3v) is 4.80. The van der Waals surface area contributed by atoms with Gasteiger partial charge in [0, 0.05) is 10.1 Å². The molecule has 17 heavy (non-hydrogen) atoms. The van der Waals surface area contributed by atoms with E-state index in [0.29, 0.717) is 23.2 Å². The second-order valence-electron chi connectivity index (χ2n) is 5.37. The highest BCUT2D eigenvalue weighted by Crippen LogP contribution is 2.38. The van der Waals surface area contributed by atoms with Gasteiger partial charge >= 0.3 is 0 Å². The first kappa shape index (κ1) is 13.0. The second-order valence-corrected chi connectivity index (χ2v) is 6.63. The molecule has 1 saturated heterocycles. The Kier molecular flexibility index (Phi) is 4.52. The van der Waals surface area contributed by atoms with Crippen LogP contribution in [0, 0.1) is 11.8 Å². The van der Waals surface area contributed by atoms with Crippen LogP contribution in [-0.4, -0.2) is 18.0 Å². The van der Waals surface area contributed by atoms with Gasteiger partial charge in [-0.1, -0.05) is 39.0 Å². The maximum absolute atomic E-state index is 5.94. The summed E-state index contributed by atoms with van der Waals surface area (Å²) in [5, 5.41) is 0.611. The Labute approximate surface area is 109 Å². The van der Waals surface area contributed by atoms with Gasteiger partial charge in [-0.2, -0.15) is 0 Å². The Balaban J connectivity index is 2.01. The number of ether oxygens (including phenoxy) is 1. The lowest BCUT2D eigenvalue weighted by Crippen LogP contribution is -2.23. The molecule has 0 amide bonds. The highest BCUT2D eigenvalue weighted by Gasteiger charge is 2.35. The normalized spacial score (nSPS) is 28.8. The van der Waals surface area contributed by atoms with Crippen LogP contribution in [0.4, 0.5) is 0 Å². The van der Waals surface area contributed by atoms with Crippen molar-refractivity contribution >= 4 is 11.8 Å². The van der Waals surface area contributed by atoms with Crippen molar-refractivity contribution in [2.75, 3.05) is 6.61 Å². The molecule has 1 aromatic carbocycles. The Morgan fingerprint density at radius 1 is 1.29 bits per heavy atom. The van der Waals surface area contributed by atoms with Gasteiger partial charge in [-0.05, 0) is 30.4 Å². The lowest BCUT2D eigenvalue weighted by Gasteiger charge is -2.22. The van der Waals surface area contributed by atoms with E-state index in [1.54, 1.807) is 0 Å². The number of hydrogen-bond donors (Lipinski definition) is 0. The molecule has 1 fully saturated rings. The fourth-order valence-corrected chi connectivity index (χ4v) is 3.63. The molecule has 0 aliphatic carbocycles. The van der Waals surface area contributed by atoms with Crippen LogP contribution in [0.25, 0.3) is 0 Å². The molecule has 0 unspecified atom stereocenters. The zero-order valence-electron chi connectivity index (χ0n) is 10.9. The molecular weight excluding hydrogens is 228 g/mol. The van der Waals surface area contributed by atoms with Crippen LogP contribution < -0.4 is 0 Å². The summed E-state index contributed by atoms with van der Waals surface area (Å²) >= 11 is 1.98. The molecule has 2 heteroatoms. The molecule has 0 saturated carbocycles. The van der Waals surface area contributed by atoms with E-state index in [1.807, 2.05) is 11.8 Å². The maximum Gasteiger partial charge on any atom is 0.0703 e. The average molecular weight is 250 g/mol. The molecule has 1 aromatic rings. The molecule has 94 valence electrons. The van der Waals surface area contributed by atoms with Gasteiger partial charge in [0.1, 0.15) is 0 Å². The van der Waals surface area contributed by atoms with E-state index in [0.717, 1.165) is 6.61 Å². The van der Waals surface area contributed by atoms with Gasteiger partial charge < -0.3 is 4.74 Å². The predicted molar refractivity (Wildman–Crippen MR) is 74.4 cm³/mol. The van der Waals surface area contributed by atoms with Crippen LogP contribution in [-0.2, 0) is 4.74 Å². The first-order chi connectivity index (χ1) is 8.16. The SMILES string of the molecule is CC(C)C[C@H]1OC[C@@H](C)[C@@H]1Sc1ccccc1. The molecule has 1 nitrogen and oxygen atoms in total. The van der Waals surface area contributed by atoms with Gasteiger partial charge in [-0.15, -0.1) is 11.8 Å². The molecule has 0 spiro atoms. The number of thioether (sulfide) groups is 1. The predicted octanol–water partition coefficient (Wildman–Crippen LogP) is 4.23. The van der Waals surface area contributed by atoms with Gasteiger partial charge in [0.25, 0.3) is 0 Å². The van der Waals surface area contributed by atoms with Gasteiger partial charge in [-0.3, -0.25) is 0 Å². The largest absolute Gasteiger partial charge is 0.377 e. The van der Waals surface area contributed by atoms with Crippen molar-refractivity contribution < 1.29 is 4.74 Å². The van der Waals surface area contributed by atoms with Crippen LogP contribution in [0.3, 0.4) is 0 Å². The lowest BCUT2D eigenvalue weighted by atomic mass is 10.00. The minimum Gasteiger partial charge on any atom is -0.377 e. The number of rotatable bonds is 4. The lowest BCUT2D eigenvalue weighted by molar-refractivity contribution is 0.0927. The summed E-state index contributed by atoms with van der Waals surface area (Å²) in [6.07, 6.45) is 1.60. The molecular formula is C15H22OS. The fraction of sp³-hybridized carbons (Fsp3) is 0.600. The summed E-state index contributed by atoms with van der Waals surface area (Å²) in [6, 6.07) is 10.7. The van der Waals surface area contributed by atoms with Crippen LogP contribution in [0.5, 0.6) is 0 Å². The zero-order valence-corrected chi connectivity index (χ0v) is 11.7. The van der Waals surface area contributed by atoms with E-state index in [2.05, 4.69) is 51.1 Å². The first-order valence-corrected chi connectivity index (χ1v) is 7.38. The molecule has 3 atom stereocenters. The van der Waals surface area contributed by atoms with Crippen LogP contribution in [0.2, 0.25) is 0 Å². The van der Waals surface area contributed by atoms with E-state index in [9.17, 15) is 0 Å². The molecule has 2 rings (SSSR count). The van der Waals surface area contributed by atoms with Crippen LogP contribution in [0.15, 0.2) is 35.2 Å². The van der Waals surface area contributed by atoms with E-state index < -0.39 is 0 Å². The molecule has 1 aliphatic heterocycles. The summed E-state index contributed by atoms with van der Waals surface area (Å²) in [5.41, 5.74) is 0. The Morgan fingerprint density at radius 2 is 2.00 bits per heavy atom. The van der Waals surface area contributed by atoms with Crippen molar-refractivity contribution in [3.8, 4) is 0 Å². The highest BCUT2D eigenvalue weighted by atomic mass is 32.2. The molecule has 1 heterocycles. The number of benzene rings is 1. The standard InChI is InChI=1S/C15H22OS/c1-11(2)9-14-15(12(3)10-16-14)17-13-7-5-4-6-8-13/h4-8,11-12,14-15H,9-10H2,1-3H3/t12-,14-,15+/m1/s1. The Morgan fingerprint density at radius 3 is 2.65 bits per heavy atom. The summed E-state index contributed by atoms with van der Waals surface area (Å²) in [7, 11) is 0. The quantitative estimate of drug-likeness (QED) is 0.791. The fourth-order valence-electron chi connectivity index (χ4n) is 2.35. The zero-order chi connectivity index (χ0) is 12.3. The van der Waals surface area contributed by atoms with Crippen molar-refractivity contribution in [3.05, 3.63) is 30.3 Å². The summed E-state index contributed by atoms with van der Waals surface area (Å²) in [5.74, 6) is 1.37. The van der Waals surface area contributed by atoms with E-state index >= 15 is 0 Å². The van der Waals surface area contributed by atoms with Crippen molar-refractivity contribution in [1.29, 1.82) is 0 Å². The van der Waals surface area contributed by atoms with Crippen LogP contribution in [0.1, 0.15) is 27.2 Å². The third kappa shape index (κ3) is 3.49. The Bertz CT molecular complexity index is 336. The third-order valence-electron chi connectivity index (χ3n) is 3.22. The summed E-state index contributed by atoms with van der Waals surface area (Å²) in [4.78, 5) is 1.36. The second kappa shape index (κ2) is 5.92. The smallest absolute Gasteiger partial charge is 0.0703 e. The Hall–Kier alpha value is -0.470. The van der Waals surface area contributed by atoms with Gasteiger partial charge in [-0.25, -0.2) is 0 Å². The molecule has 0 N–H and O–H groups in total. The minimum absolute atomic E-state index is 0.426. The maximum atomic E-state index is 5.94. The van der Waals surface area contributed by atoms with Crippen LogP contribution >= 0.6 is 11.8 Å². The topological polar surface area (TPSA) is 9.23 Å². The monoisotopic (exact) mass is 250 g/mol. The first-order valence-electron chi connectivity index (χ1n) is 6.50. The molecule has 0 bridgehead atoms. The van der Waals surface area contributed by atoms with Gasteiger partial charge in [0.2, 0.25) is 0 Å². The number of hydrogen-bond acceptors (Lipinski definition) is 2. The minimum atomic E-state index is 0.426. The highest BCUT2D eigenvalue weighted by molar-refractivity contribution is 8.00.